The van der Waals surface area contributed by atoms with Crippen molar-refractivity contribution < 1.29 is 4.52 Å². The molecule has 0 unspecified atom stereocenters. The minimum Gasteiger partial charge on any atom is -0.332 e. The van der Waals surface area contributed by atoms with Crippen LogP contribution in [-0.4, -0.2) is 50.7 Å². The average molecular weight is 353 g/mol. The second kappa shape index (κ2) is 6.66. The first-order valence-corrected chi connectivity index (χ1v) is 7.63. The first kappa shape index (κ1) is 15.9. The van der Waals surface area contributed by atoms with Gasteiger partial charge in [-0.1, -0.05) is 33.6 Å². The van der Waals surface area contributed by atoms with Crippen molar-refractivity contribution in [2.24, 2.45) is 0 Å². The van der Waals surface area contributed by atoms with Crippen molar-refractivity contribution in [1.29, 1.82) is 0 Å². The number of hydrogen-bond acceptors (Lipinski definition) is 6. The predicted octanol–water partition coefficient (Wildman–Crippen LogP) is 2.86. The Morgan fingerprint density at radius 3 is 2.87 bits per heavy atom. The van der Waals surface area contributed by atoms with Crippen LogP contribution in [0.25, 0.3) is 23.0 Å². The Hall–Kier alpha value is -1.96. The minimum absolute atomic E-state index is 0.284. The minimum atomic E-state index is 0.284. The van der Waals surface area contributed by atoms with Gasteiger partial charge in [0.25, 0.3) is 5.89 Å². The van der Waals surface area contributed by atoms with Crippen LogP contribution in [0.4, 0.5) is 0 Å². The molecule has 0 atom stereocenters. The quantitative estimate of drug-likeness (QED) is 0.702. The highest BCUT2D eigenvalue weighted by Gasteiger charge is 2.16. The fourth-order valence-corrected chi connectivity index (χ4v) is 2.29. The molecule has 0 fully saturated rings. The third kappa shape index (κ3) is 3.69. The number of aromatic nitrogens is 5. The van der Waals surface area contributed by atoms with E-state index in [0.717, 1.165) is 13.1 Å². The summed E-state index contributed by atoms with van der Waals surface area (Å²) in [6, 6.07) is 5.07. The molecule has 23 heavy (non-hydrogen) atoms. The van der Waals surface area contributed by atoms with Gasteiger partial charge in [-0.15, -0.1) is 5.10 Å². The van der Waals surface area contributed by atoms with Crippen LogP contribution in [0, 0.1) is 0 Å². The normalized spacial score (nSPS) is 11.3. The fraction of sp³-hybridized carbons (Fsp3) is 0.286. The Kier molecular flexibility index (Phi) is 4.61. The number of halogens is 2. The summed E-state index contributed by atoms with van der Waals surface area (Å²) >= 11 is 12.1. The van der Waals surface area contributed by atoms with Gasteiger partial charge in [0.05, 0.1) is 17.8 Å². The molecule has 0 saturated heterocycles. The molecular formula is C14H14Cl2N6O. The summed E-state index contributed by atoms with van der Waals surface area (Å²) in [6.45, 7) is 1.58. The highest BCUT2D eigenvalue weighted by atomic mass is 35.5. The summed E-state index contributed by atoms with van der Waals surface area (Å²) in [5.41, 5.74) is 1.12. The number of benzene rings is 1. The van der Waals surface area contributed by atoms with Crippen LogP contribution in [-0.2, 0) is 6.54 Å². The Morgan fingerprint density at radius 2 is 2.09 bits per heavy atom. The lowest BCUT2D eigenvalue weighted by Crippen LogP contribution is -2.18. The number of likely N-dealkylation sites (N-methyl/N-ethyl adjacent to an activating group) is 1. The summed E-state index contributed by atoms with van der Waals surface area (Å²) < 4.78 is 6.98. The molecule has 0 N–H and O–H groups in total. The smallest absolute Gasteiger partial charge is 0.280 e. The van der Waals surface area contributed by atoms with Crippen LogP contribution in [0.15, 0.2) is 28.9 Å². The van der Waals surface area contributed by atoms with Gasteiger partial charge < -0.3 is 9.42 Å². The van der Waals surface area contributed by atoms with E-state index in [1.54, 1.807) is 29.1 Å². The molecule has 2 heterocycles. The van der Waals surface area contributed by atoms with Gasteiger partial charge >= 0.3 is 0 Å². The Morgan fingerprint density at radius 1 is 1.26 bits per heavy atom. The lowest BCUT2D eigenvalue weighted by atomic mass is 10.2. The predicted molar refractivity (Wildman–Crippen MR) is 87.3 cm³/mol. The van der Waals surface area contributed by atoms with Crippen molar-refractivity contribution in [3.8, 4) is 23.0 Å². The van der Waals surface area contributed by atoms with Crippen molar-refractivity contribution in [2.75, 3.05) is 20.6 Å². The van der Waals surface area contributed by atoms with Gasteiger partial charge in [0.1, 0.15) is 0 Å². The zero-order valence-corrected chi connectivity index (χ0v) is 14.1. The van der Waals surface area contributed by atoms with E-state index in [1.165, 1.54) is 0 Å². The molecule has 0 saturated carbocycles. The summed E-state index contributed by atoms with van der Waals surface area (Å²) in [5, 5.41) is 13.1. The molecular weight excluding hydrogens is 339 g/mol. The van der Waals surface area contributed by atoms with E-state index in [0.29, 0.717) is 27.1 Å². The summed E-state index contributed by atoms with van der Waals surface area (Å²) in [4.78, 5) is 6.38. The molecule has 0 spiro atoms. The van der Waals surface area contributed by atoms with Crippen LogP contribution in [0.1, 0.15) is 0 Å². The summed E-state index contributed by atoms with van der Waals surface area (Å²) in [7, 11) is 3.99. The van der Waals surface area contributed by atoms with Gasteiger partial charge in [-0.2, -0.15) is 4.98 Å². The fourth-order valence-electron chi connectivity index (χ4n) is 1.91. The number of rotatable bonds is 5. The lowest BCUT2D eigenvalue weighted by molar-refractivity contribution is 0.370. The Labute approximate surface area is 142 Å². The first-order valence-electron chi connectivity index (χ1n) is 6.87. The maximum atomic E-state index is 6.14. The number of hydrogen-bond donors (Lipinski definition) is 0. The van der Waals surface area contributed by atoms with Gasteiger partial charge in [-0.25, -0.2) is 0 Å². The number of nitrogens with zero attached hydrogens (tertiary/aromatic N) is 6. The van der Waals surface area contributed by atoms with E-state index in [4.69, 9.17) is 27.7 Å². The molecule has 3 aromatic rings. The van der Waals surface area contributed by atoms with Gasteiger partial charge in [0, 0.05) is 17.1 Å². The van der Waals surface area contributed by atoms with Gasteiger partial charge in [0.15, 0.2) is 5.69 Å². The maximum Gasteiger partial charge on any atom is 0.280 e. The largest absolute Gasteiger partial charge is 0.332 e. The van der Waals surface area contributed by atoms with Crippen molar-refractivity contribution >= 4 is 23.2 Å². The van der Waals surface area contributed by atoms with E-state index in [1.807, 2.05) is 14.1 Å². The van der Waals surface area contributed by atoms with E-state index < -0.39 is 0 Å². The zero-order valence-electron chi connectivity index (χ0n) is 12.6. The lowest BCUT2D eigenvalue weighted by Gasteiger charge is -2.07. The third-order valence-corrected chi connectivity index (χ3v) is 3.69. The van der Waals surface area contributed by atoms with E-state index in [2.05, 4.69) is 25.4 Å². The standard InChI is InChI=1S/C14H14Cl2N6O/c1-21(2)5-6-22-8-12(18-20-22)14-17-13(19-23-14)10-7-9(15)3-4-11(10)16/h3-4,7-8H,5-6H2,1-2H3. The molecule has 1 aromatic carbocycles. The molecule has 0 aliphatic heterocycles. The molecule has 7 nitrogen and oxygen atoms in total. The molecule has 0 bridgehead atoms. The molecule has 0 aliphatic carbocycles. The van der Waals surface area contributed by atoms with Gasteiger partial charge in [-0.3, -0.25) is 4.68 Å². The molecule has 9 heteroatoms. The van der Waals surface area contributed by atoms with E-state index >= 15 is 0 Å². The summed E-state index contributed by atoms with van der Waals surface area (Å²) in [6.07, 6.45) is 1.76. The van der Waals surface area contributed by atoms with Crippen LogP contribution >= 0.6 is 23.2 Å². The highest BCUT2D eigenvalue weighted by molar-refractivity contribution is 6.35. The molecule has 0 radical (unpaired) electrons. The SMILES string of the molecule is CN(C)CCn1cc(-c2nc(-c3cc(Cl)ccc3Cl)no2)nn1. The first-order chi connectivity index (χ1) is 11.0. The Balaban J connectivity index is 1.83. The second-order valence-corrected chi connectivity index (χ2v) is 6.06. The molecule has 2 aromatic heterocycles. The van der Waals surface area contributed by atoms with Gasteiger partial charge in [-0.05, 0) is 32.3 Å². The molecule has 0 aliphatic rings. The van der Waals surface area contributed by atoms with Crippen LogP contribution in [0.2, 0.25) is 10.0 Å². The summed E-state index contributed by atoms with van der Waals surface area (Å²) in [5.74, 6) is 0.641. The average Bonchev–Trinajstić information content (AvgIpc) is 3.16. The van der Waals surface area contributed by atoms with Crippen molar-refractivity contribution in [1.82, 2.24) is 30.0 Å². The van der Waals surface area contributed by atoms with E-state index in [-0.39, 0.29) is 5.89 Å². The van der Waals surface area contributed by atoms with Crippen molar-refractivity contribution in [3.05, 3.63) is 34.4 Å². The van der Waals surface area contributed by atoms with Gasteiger partial charge in [0.2, 0.25) is 5.82 Å². The molecule has 0 amide bonds. The highest BCUT2D eigenvalue weighted by Crippen LogP contribution is 2.29. The second-order valence-electron chi connectivity index (χ2n) is 5.22. The molecule has 3 rings (SSSR count). The van der Waals surface area contributed by atoms with Crippen LogP contribution < -0.4 is 0 Å². The Bertz CT molecular complexity index is 813. The molecule has 120 valence electrons. The van der Waals surface area contributed by atoms with Crippen LogP contribution in [0.3, 0.4) is 0 Å². The van der Waals surface area contributed by atoms with Crippen LogP contribution in [0.5, 0.6) is 0 Å². The zero-order chi connectivity index (χ0) is 16.4. The van der Waals surface area contributed by atoms with Crippen molar-refractivity contribution in [2.45, 2.75) is 6.54 Å². The maximum absolute atomic E-state index is 6.14. The van der Waals surface area contributed by atoms with Crippen molar-refractivity contribution in [3.63, 3.8) is 0 Å². The topological polar surface area (TPSA) is 72.9 Å². The monoisotopic (exact) mass is 352 g/mol. The van der Waals surface area contributed by atoms with E-state index in [9.17, 15) is 0 Å². The third-order valence-electron chi connectivity index (χ3n) is 3.13.